The number of hydrogen-bond donors (Lipinski definition) is 6. The van der Waals surface area contributed by atoms with Crippen molar-refractivity contribution in [2.45, 2.75) is 37.4 Å². The van der Waals surface area contributed by atoms with Gasteiger partial charge in [-0.25, -0.2) is 10.9 Å². The van der Waals surface area contributed by atoms with Crippen molar-refractivity contribution in [1.82, 2.24) is 10.9 Å². The number of benzene rings is 4. The Kier molecular flexibility index (Phi) is 12.4. The van der Waals surface area contributed by atoms with Gasteiger partial charge in [0.2, 0.25) is 0 Å². The minimum Gasteiger partial charge on any atom is -0.480 e. The maximum absolute atomic E-state index is 11.4. The van der Waals surface area contributed by atoms with E-state index in [1.165, 1.54) is 0 Å². The quantitative estimate of drug-likeness (QED) is 0.132. The van der Waals surface area contributed by atoms with E-state index in [1.807, 2.05) is 115 Å². The summed E-state index contributed by atoms with van der Waals surface area (Å²) >= 11 is 0. The van der Waals surface area contributed by atoms with Gasteiger partial charge < -0.3 is 21.1 Å². The second kappa shape index (κ2) is 16.4. The first-order valence-corrected chi connectivity index (χ1v) is 13.4. The third kappa shape index (κ3) is 10.6. The molecular formula is C33H35N3O6. The molecule has 4 aromatic carbocycles. The highest BCUT2D eigenvalue weighted by Crippen LogP contribution is 2.19. The van der Waals surface area contributed by atoms with Gasteiger partial charge in [-0.05, 0) is 47.1 Å². The molecule has 0 saturated heterocycles. The van der Waals surface area contributed by atoms with E-state index >= 15 is 0 Å². The molecule has 0 amide bonds. The van der Waals surface area contributed by atoms with Gasteiger partial charge in [0.1, 0.15) is 18.1 Å². The molecule has 0 bridgehead atoms. The lowest BCUT2D eigenvalue weighted by Gasteiger charge is -2.20. The van der Waals surface area contributed by atoms with E-state index in [2.05, 4.69) is 10.9 Å². The maximum atomic E-state index is 11.4. The first kappa shape index (κ1) is 31.7. The molecule has 7 N–H and O–H groups in total. The van der Waals surface area contributed by atoms with Crippen LogP contribution < -0.4 is 16.6 Å². The van der Waals surface area contributed by atoms with Gasteiger partial charge in [0.15, 0.2) is 0 Å². The third-order valence-electron chi connectivity index (χ3n) is 6.43. The SMILES string of the molecule is NC(Cc1ccc(-c2ccccc2)cc1)C(=O)O.O=C(O)[C@H](Cc1ccccc1)NN[C@@H](Cc1ccccc1)C(=O)O. The summed E-state index contributed by atoms with van der Waals surface area (Å²) in [7, 11) is 0. The van der Waals surface area contributed by atoms with Gasteiger partial charge in [-0.15, -0.1) is 0 Å². The molecule has 0 heterocycles. The molecule has 0 fully saturated rings. The number of carboxylic acids is 3. The van der Waals surface area contributed by atoms with Crippen molar-refractivity contribution >= 4 is 17.9 Å². The zero-order chi connectivity index (χ0) is 30.3. The van der Waals surface area contributed by atoms with E-state index < -0.39 is 36.0 Å². The summed E-state index contributed by atoms with van der Waals surface area (Å²) < 4.78 is 0. The Balaban J connectivity index is 0.000000240. The molecule has 1 unspecified atom stereocenters. The average molecular weight is 570 g/mol. The molecule has 0 aliphatic heterocycles. The van der Waals surface area contributed by atoms with Crippen LogP contribution in [0.4, 0.5) is 0 Å². The van der Waals surface area contributed by atoms with E-state index in [0.29, 0.717) is 6.42 Å². The predicted octanol–water partition coefficient (Wildman–Crippen LogP) is 3.78. The molecule has 4 aromatic rings. The molecular weight excluding hydrogens is 534 g/mol. The topological polar surface area (TPSA) is 162 Å². The molecule has 218 valence electrons. The molecule has 9 nitrogen and oxygen atoms in total. The molecule has 3 atom stereocenters. The van der Waals surface area contributed by atoms with Crippen molar-refractivity contribution in [3.05, 3.63) is 132 Å². The first-order valence-electron chi connectivity index (χ1n) is 13.4. The van der Waals surface area contributed by atoms with Gasteiger partial charge in [-0.3, -0.25) is 14.4 Å². The molecule has 0 radical (unpaired) electrons. The van der Waals surface area contributed by atoms with Crippen molar-refractivity contribution in [2.75, 3.05) is 0 Å². The summed E-state index contributed by atoms with van der Waals surface area (Å²) in [5.41, 5.74) is 15.7. The maximum Gasteiger partial charge on any atom is 0.322 e. The number of hydrogen-bond acceptors (Lipinski definition) is 6. The number of nitrogens with two attached hydrogens (primary N) is 1. The van der Waals surface area contributed by atoms with E-state index in [-0.39, 0.29) is 12.8 Å². The highest BCUT2D eigenvalue weighted by molar-refractivity contribution is 5.75. The van der Waals surface area contributed by atoms with Crippen molar-refractivity contribution in [3.63, 3.8) is 0 Å². The van der Waals surface area contributed by atoms with Crippen LogP contribution >= 0.6 is 0 Å². The van der Waals surface area contributed by atoms with Crippen LogP contribution in [0.1, 0.15) is 16.7 Å². The minimum absolute atomic E-state index is 0.251. The fourth-order valence-corrected chi connectivity index (χ4v) is 4.11. The fraction of sp³-hybridized carbons (Fsp3) is 0.182. The number of nitrogens with one attached hydrogen (secondary N) is 2. The molecule has 0 aromatic heterocycles. The largest absolute Gasteiger partial charge is 0.480 e. The number of carbonyl (C=O) groups is 3. The minimum atomic E-state index is -1.05. The van der Waals surface area contributed by atoms with Gasteiger partial charge in [0, 0.05) is 0 Å². The summed E-state index contributed by atoms with van der Waals surface area (Å²) in [4.78, 5) is 33.5. The normalized spacial score (nSPS) is 12.7. The van der Waals surface area contributed by atoms with Crippen molar-refractivity contribution in [1.29, 1.82) is 0 Å². The van der Waals surface area contributed by atoms with Gasteiger partial charge in [-0.1, -0.05) is 115 Å². The highest BCUT2D eigenvalue weighted by Gasteiger charge is 2.22. The summed E-state index contributed by atoms with van der Waals surface area (Å²) in [5, 5.41) is 27.4. The Hall–Kier alpha value is -4.83. The van der Waals surface area contributed by atoms with Crippen LogP contribution in [0.5, 0.6) is 0 Å². The van der Waals surface area contributed by atoms with Gasteiger partial charge in [0.05, 0.1) is 0 Å². The molecule has 42 heavy (non-hydrogen) atoms. The number of rotatable bonds is 13. The van der Waals surface area contributed by atoms with Crippen LogP contribution in [-0.2, 0) is 33.6 Å². The van der Waals surface area contributed by atoms with E-state index in [9.17, 15) is 24.6 Å². The second-order valence-corrected chi connectivity index (χ2v) is 9.66. The van der Waals surface area contributed by atoms with Crippen LogP contribution in [0.15, 0.2) is 115 Å². The van der Waals surface area contributed by atoms with Crippen molar-refractivity contribution < 1.29 is 29.7 Å². The molecule has 4 rings (SSSR count). The predicted molar refractivity (Wildman–Crippen MR) is 161 cm³/mol. The van der Waals surface area contributed by atoms with Crippen LogP contribution in [0.3, 0.4) is 0 Å². The lowest BCUT2D eigenvalue weighted by atomic mass is 10.0. The van der Waals surface area contributed by atoms with Gasteiger partial charge in [-0.2, -0.15) is 0 Å². The van der Waals surface area contributed by atoms with E-state index in [0.717, 1.165) is 27.8 Å². The zero-order valence-electron chi connectivity index (χ0n) is 23.0. The highest BCUT2D eigenvalue weighted by atomic mass is 16.4. The molecule has 0 spiro atoms. The lowest BCUT2D eigenvalue weighted by molar-refractivity contribution is -0.143. The standard InChI is InChI=1S/C18H20N2O4.C15H15NO2/c21-17(22)15(11-13-7-3-1-4-8-13)19-20-16(18(23)24)12-14-9-5-2-6-10-14;16-14(15(17)18)10-11-6-8-13(9-7-11)12-4-2-1-3-5-12/h1-10,15-16,19-20H,11-12H2,(H,21,22)(H,23,24);1-9,14H,10,16H2,(H,17,18)/t15-,16-;/m0./s1. The zero-order valence-corrected chi connectivity index (χ0v) is 23.0. The summed E-state index contributed by atoms with van der Waals surface area (Å²) in [6, 6.07) is 33.5. The van der Waals surface area contributed by atoms with Gasteiger partial charge >= 0.3 is 17.9 Å². The molecule has 9 heteroatoms. The summed E-state index contributed by atoms with van der Waals surface area (Å²) in [5.74, 6) is -3.06. The Labute approximate surface area is 244 Å². The van der Waals surface area contributed by atoms with E-state index in [4.69, 9.17) is 10.8 Å². The Bertz CT molecular complexity index is 1340. The third-order valence-corrected chi connectivity index (χ3v) is 6.43. The average Bonchev–Trinajstić information content (AvgIpc) is 3.00. The first-order chi connectivity index (χ1) is 20.2. The Morgan fingerprint density at radius 3 is 1.24 bits per heavy atom. The molecule has 0 aliphatic rings. The summed E-state index contributed by atoms with van der Waals surface area (Å²) in [6.07, 6.45) is 0.853. The molecule has 0 saturated carbocycles. The molecule has 0 aliphatic carbocycles. The van der Waals surface area contributed by atoms with Crippen LogP contribution in [0.25, 0.3) is 11.1 Å². The number of hydrazine groups is 1. The van der Waals surface area contributed by atoms with E-state index in [1.54, 1.807) is 0 Å². The number of carboxylic acid groups (broad SMARTS) is 3. The Morgan fingerprint density at radius 2 is 0.857 bits per heavy atom. The summed E-state index contributed by atoms with van der Waals surface area (Å²) in [6.45, 7) is 0. The van der Waals surface area contributed by atoms with Crippen molar-refractivity contribution in [2.24, 2.45) is 5.73 Å². The second-order valence-electron chi connectivity index (χ2n) is 9.66. The van der Waals surface area contributed by atoms with Crippen LogP contribution in [-0.4, -0.2) is 51.4 Å². The monoisotopic (exact) mass is 569 g/mol. The smallest absolute Gasteiger partial charge is 0.322 e. The van der Waals surface area contributed by atoms with Crippen molar-refractivity contribution in [3.8, 4) is 11.1 Å². The van der Waals surface area contributed by atoms with Gasteiger partial charge in [0.25, 0.3) is 0 Å². The Morgan fingerprint density at radius 1 is 0.500 bits per heavy atom. The lowest BCUT2D eigenvalue weighted by Crippen LogP contribution is -2.53. The fourth-order valence-electron chi connectivity index (χ4n) is 4.11. The van der Waals surface area contributed by atoms with Crippen LogP contribution in [0.2, 0.25) is 0 Å². The van der Waals surface area contributed by atoms with Crippen LogP contribution in [0, 0.1) is 0 Å². The number of aliphatic carboxylic acids is 3.